The Labute approximate surface area is 95.8 Å². The van der Waals surface area contributed by atoms with Gasteiger partial charge in [0.05, 0.1) is 0 Å². The summed E-state index contributed by atoms with van der Waals surface area (Å²) in [5, 5.41) is 0. The lowest BCUT2D eigenvalue weighted by molar-refractivity contribution is 0.0125. The van der Waals surface area contributed by atoms with Crippen molar-refractivity contribution in [1.82, 2.24) is 3.11 Å². The van der Waals surface area contributed by atoms with E-state index in [1.54, 1.807) is 0 Å². The SMILES string of the molecule is CC1CC[C@]12CCCCN(I)CC2. The third kappa shape index (κ3) is 2.04. The summed E-state index contributed by atoms with van der Waals surface area (Å²) in [6, 6.07) is 0. The zero-order valence-electron chi connectivity index (χ0n) is 8.56. The minimum atomic E-state index is 0.768. The zero-order chi connectivity index (χ0) is 9.31. The number of hydrogen-bond acceptors (Lipinski definition) is 1. The van der Waals surface area contributed by atoms with Crippen LogP contribution in [0.1, 0.15) is 45.4 Å². The molecule has 0 aromatic heterocycles. The van der Waals surface area contributed by atoms with Crippen LogP contribution in [0.15, 0.2) is 0 Å². The fourth-order valence-corrected chi connectivity index (χ4v) is 3.51. The molecule has 0 amide bonds. The summed E-state index contributed by atoms with van der Waals surface area (Å²) in [5.41, 5.74) is 0.768. The Morgan fingerprint density at radius 2 is 2.00 bits per heavy atom. The van der Waals surface area contributed by atoms with E-state index in [2.05, 4.69) is 32.9 Å². The topological polar surface area (TPSA) is 3.24 Å². The average Bonchev–Trinajstić information content (AvgIpc) is 2.10. The maximum absolute atomic E-state index is 2.50. The van der Waals surface area contributed by atoms with Crippen molar-refractivity contribution in [3.8, 4) is 0 Å². The van der Waals surface area contributed by atoms with Crippen molar-refractivity contribution < 1.29 is 0 Å². The van der Waals surface area contributed by atoms with E-state index in [0.29, 0.717) is 0 Å². The highest BCUT2D eigenvalue weighted by atomic mass is 127. The van der Waals surface area contributed by atoms with Crippen LogP contribution in [0, 0.1) is 11.3 Å². The summed E-state index contributed by atoms with van der Waals surface area (Å²) < 4.78 is 2.49. The lowest BCUT2D eigenvalue weighted by atomic mass is 9.57. The summed E-state index contributed by atoms with van der Waals surface area (Å²) in [4.78, 5) is 0. The van der Waals surface area contributed by atoms with Crippen LogP contribution in [0.3, 0.4) is 0 Å². The van der Waals surface area contributed by atoms with Gasteiger partial charge in [0.15, 0.2) is 0 Å². The van der Waals surface area contributed by atoms with Crippen molar-refractivity contribution >= 4 is 22.9 Å². The Morgan fingerprint density at radius 1 is 1.15 bits per heavy atom. The van der Waals surface area contributed by atoms with Gasteiger partial charge in [-0.05, 0) is 43.4 Å². The molecule has 1 unspecified atom stereocenters. The molecule has 2 aliphatic rings. The van der Waals surface area contributed by atoms with Crippen LogP contribution in [0.25, 0.3) is 0 Å². The lowest BCUT2D eigenvalue weighted by Crippen LogP contribution is -2.41. The van der Waals surface area contributed by atoms with Crippen molar-refractivity contribution in [3.05, 3.63) is 0 Å². The van der Waals surface area contributed by atoms with Crippen LogP contribution in [-0.2, 0) is 0 Å². The molecular weight excluding hydrogens is 273 g/mol. The van der Waals surface area contributed by atoms with Gasteiger partial charge in [-0.15, -0.1) is 0 Å². The van der Waals surface area contributed by atoms with E-state index in [9.17, 15) is 0 Å². The number of halogens is 1. The fourth-order valence-electron chi connectivity index (χ4n) is 2.93. The van der Waals surface area contributed by atoms with E-state index in [-0.39, 0.29) is 0 Å². The minimum absolute atomic E-state index is 0.768. The second-order valence-electron chi connectivity index (χ2n) is 4.92. The van der Waals surface area contributed by atoms with Crippen LogP contribution in [0.5, 0.6) is 0 Å². The Bertz CT molecular complexity index is 183. The normalized spacial score (nSPS) is 42.5. The molecule has 2 rings (SSSR count). The fraction of sp³-hybridized carbons (Fsp3) is 1.00. The summed E-state index contributed by atoms with van der Waals surface area (Å²) >= 11 is 2.50. The van der Waals surface area contributed by atoms with E-state index in [1.165, 1.54) is 51.6 Å². The van der Waals surface area contributed by atoms with Gasteiger partial charge in [0.1, 0.15) is 0 Å². The number of nitrogens with zero attached hydrogens (tertiary/aromatic N) is 1. The van der Waals surface area contributed by atoms with Crippen molar-refractivity contribution in [2.45, 2.75) is 45.4 Å². The molecule has 1 spiro atoms. The molecule has 0 N–H and O–H groups in total. The molecule has 76 valence electrons. The van der Waals surface area contributed by atoms with Gasteiger partial charge in [-0.25, -0.2) is 3.11 Å². The maximum Gasteiger partial charge on any atom is 0.0201 e. The van der Waals surface area contributed by atoms with Crippen molar-refractivity contribution in [1.29, 1.82) is 0 Å². The predicted molar refractivity (Wildman–Crippen MR) is 64.9 cm³/mol. The third-order valence-corrected chi connectivity index (χ3v) is 5.26. The Kier molecular flexibility index (Phi) is 3.18. The van der Waals surface area contributed by atoms with E-state index >= 15 is 0 Å². The first-order valence-electron chi connectivity index (χ1n) is 5.64. The molecule has 0 aromatic carbocycles. The van der Waals surface area contributed by atoms with Crippen LogP contribution >= 0.6 is 22.9 Å². The minimum Gasteiger partial charge on any atom is -0.248 e. The van der Waals surface area contributed by atoms with Crippen molar-refractivity contribution in [2.24, 2.45) is 11.3 Å². The molecular formula is C11H20IN. The molecule has 0 aromatic rings. The first-order chi connectivity index (χ1) is 6.23. The lowest BCUT2D eigenvalue weighted by Gasteiger charge is -2.50. The highest BCUT2D eigenvalue weighted by Crippen LogP contribution is 2.53. The largest absolute Gasteiger partial charge is 0.248 e. The predicted octanol–water partition coefficient (Wildman–Crippen LogP) is 3.63. The molecule has 0 radical (unpaired) electrons. The van der Waals surface area contributed by atoms with Crippen molar-refractivity contribution in [2.75, 3.05) is 13.1 Å². The van der Waals surface area contributed by atoms with Gasteiger partial charge in [0.2, 0.25) is 0 Å². The smallest absolute Gasteiger partial charge is 0.0201 e. The Morgan fingerprint density at radius 3 is 2.62 bits per heavy atom. The molecule has 13 heavy (non-hydrogen) atoms. The molecule has 1 heterocycles. The van der Waals surface area contributed by atoms with E-state index in [4.69, 9.17) is 0 Å². The van der Waals surface area contributed by atoms with Gasteiger partial charge >= 0.3 is 0 Å². The monoisotopic (exact) mass is 293 g/mol. The highest BCUT2D eigenvalue weighted by molar-refractivity contribution is 14.1. The highest BCUT2D eigenvalue weighted by Gasteiger charge is 2.43. The zero-order valence-corrected chi connectivity index (χ0v) is 10.7. The molecule has 1 aliphatic heterocycles. The van der Waals surface area contributed by atoms with Gasteiger partial charge in [0.25, 0.3) is 0 Å². The molecule has 2 heteroatoms. The van der Waals surface area contributed by atoms with Crippen LogP contribution < -0.4 is 0 Å². The Balaban J connectivity index is 1.95. The molecule has 1 saturated heterocycles. The second kappa shape index (κ2) is 4.05. The Hall–Kier alpha value is 0.690. The molecule has 1 nitrogen and oxygen atoms in total. The maximum atomic E-state index is 2.50. The summed E-state index contributed by atoms with van der Waals surface area (Å²) in [7, 11) is 0. The van der Waals surface area contributed by atoms with E-state index in [0.717, 1.165) is 11.3 Å². The molecule has 1 aliphatic carbocycles. The molecule has 0 bridgehead atoms. The number of rotatable bonds is 0. The quantitative estimate of drug-likeness (QED) is 0.487. The third-order valence-electron chi connectivity index (χ3n) is 4.30. The molecule has 2 atom stereocenters. The van der Waals surface area contributed by atoms with Crippen LogP contribution in [-0.4, -0.2) is 16.2 Å². The number of hydrogen-bond donors (Lipinski definition) is 0. The van der Waals surface area contributed by atoms with Gasteiger partial charge in [-0.2, -0.15) is 0 Å². The van der Waals surface area contributed by atoms with Crippen LogP contribution in [0.4, 0.5) is 0 Å². The summed E-state index contributed by atoms with van der Waals surface area (Å²) in [5.74, 6) is 1.01. The molecule has 2 fully saturated rings. The summed E-state index contributed by atoms with van der Waals surface area (Å²) in [6.45, 7) is 5.10. The average molecular weight is 293 g/mol. The standard InChI is InChI=1S/C11H20IN/c1-10-4-6-11(10)5-2-3-8-13(12)9-7-11/h10H,2-9H2,1H3/t10?,11-/m0/s1. The van der Waals surface area contributed by atoms with E-state index < -0.39 is 0 Å². The van der Waals surface area contributed by atoms with Gasteiger partial charge in [-0.3, -0.25) is 0 Å². The second-order valence-corrected chi connectivity index (χ2v) is 6.28. The molecule has 1 saturated carbocycles. The van der Waals surface area contributed by atoms with Gasteiger partial charge in [0, 0.05) is 36.0 Å². The van der Waals surface area contributed by atoms with Crippen LogP contribution in [0.2, 0.25) is 0 Å². The first-order valence-corrected chi connectivity index (χ1v) is 6.60. The van der Waals surface area contributed by atoms with E-state index in [1.807, 2.05) is 0 Å². The van der Waals surface area contributed by atoms with Gasteiger partial charge < -0.3 is 0 Å². The van der Waals surface area contributed by atoms with Gasteiger partial charge in [-0.1, -0.05) is 13.3 Å². The first kappa shape index (κ1) is 10.2. The summed E-state index contributed by atoms with van der Waals surface area (Å²) in [6.07, 6.45) is 8.84. The van der Waals surface area contributed by atoms with Crippen molar-refractivity contribution in [3.63, 3.8) is 0 Å².